The van der Waals surface area contributed by atoms with Gasteiger partial charge in [-0.2, -0.15) is 4.57 Å². The van der Waals surface area contributed by atoms with Crippen molar-refractivity contribution in [3.8, 4) is 22.4 Å². The molecule has 0 bridgehead atoms. The van der Waals surface area contributed by atoms with Gasteiger partial charge in [0.15, 0.2) is 12.7 Å². The van der Waals surface area contributed by atoms with Crippen molar-refractivity contribution in [2.24, 2.45) is 0 Å². The summed E-state index contributed by atoms with van der Waals surface area (Å²) < 4.78 is 2.31. The maximum absolute atomic E-state index is 2.32. The molecule has 0 saturated carbocycles. The zero-order chi connectivity index (χ0) is 15.1. The van der Waals surface area contributed by atoms with Gasteiger partial charge in [-0.15, -0.1) is 0 Å². The lowest BCUT2D eigenvalue weighted by atomic mass is 9.99. The van der Waals surface area contributed by atoms with Gasteiger partial charge in [-0.05, 0) is 35.4 Å². The summed E-state index contributed by atoms with van der Waals surface area (Å²) in [6.45, 7) is 0.978. The van der Waals surface area contributed by atoms with E-state index < -0.39 is 0 Å². The summed E-state index contributed by atoms with van der Waals surface area (Å²) in [6, 6.07) is 22.0. The van der Waals surface area contributed by atoms with Gasteiger partial charge in [0.25, 0.3) is 0 Å². The molecule has 0 radical (unpaired) electrons. The average molecular weight is 287 g/mol. The minimum Gasteiger partial charge on any atom is -0.378 e. The molecule has 2 heterocycles. The van der Waals surface area contributed by atoms with Crippen LogP contribution in [0.1, 0.15) is 5.56 Å². The molecular formula is C20H19N2+. The fourth-order valence-electron chi connectivity index (χ4n) is 3.13. The molecular weight excluding hydrogens is 268 g/mol. The number of hydrogen-bond donors (Lipinski definition) is 0. The first kappa shape index (κ1) is 13.1. The first-order valence-corrected chi connectivity index (χ1v) is 7.62. The smallest absolute Gasteiger partial charge is 0.213 e. The Morgan fingerprint density at radius 1 is 0.864 bits per heavy atom. The van der Waals surface area contributed by atoms with Crippen molar-refractivity contribution < 1.29 is 4.57 Å². The second kappa shape index (κ2) is 4.99. The fraction of sp³-hybridized carbons (Fsp3) is 0.150. The zero-order valence-electron chi connectivity index (χ0n) is 13.0. The number of aromatic nitrogens is 1. The van der Waals surface area contributed by atoms with Crippen molar-refractivity contribution in [2.75, 3.05) is 19.0 Å². The molecule has 0 atom stereocenters. The minimum atomic E-state index is 0.978. The second-order valence-corrected chi connectivity index (χ2v) is 6.03. The number of hydrogen-bond acceptors (Lipinski definition) is 1. The molecule has 1 aliphatic rings. The van der Waals surface area contributed by atoms with Crippen LogP contribution in [0.5, 0.6) is 0 Å². The van der Waals surface area contributed by atoms with Crippen LogP contribution < -0.4 is 9.47 Å². The van der Waals surface area contributed by atoms with Gasteiger partial charge in [0.05, 0.1) is 5.56 Å². The van der Waals surface area contributed by atoms with Gasteiger partial charge in [0, 0.05) is 37.5 Å². The molecule has 2 heteroatoms. The number of anilines is 1. The first-order chi connectivity index (χ1) is 10.7. The predicted octanol–water partition coefficient (Wildman–Crippen LogP) is 3.74. The highest BCUT2D eigenvalue weighted by atomic mass is 15.1. The fourth-order valence-corrected chi connectivity index (χ4v) is 3.13. The Morgan fingerprint density at radius 2 is 1.64 bits per heavy atom. The van der Waals surface area contributed by atoms with Gasteiger partial charge in [0.2, 0.25) is 5.69 Å². The summed E-state index contributed by atoms with van der Waals surface area (Å²) in [5, 5.41) is 0. The first-order valence-electron chi connectivity index (χ1n) is 7.62. The monoisotopic (exact) mass is 287 g/mol. The molecule has 2 aromatic carbocycles. The summed E-state index contributed by atoms with van der Waals surface area (Å²) in [4.78, 5) is 2.12. The Morgan fingerprint density at radius 3 is 2.41 bits per heavy atom. The van der Waals surface area contributed by atoms with Crippen LogP contribution in [-0.2, 0) is 6.54 Å². The Labute approximate surface area is 131 Å². The van der Waals surface area contributed by atoms with Gasteiger partial charge in [0.1, 0.15) is 0 Å². The van der Waals surface area contributed by atoms with E-state index in [4.69, 9.17) is 0 Å². The van der Waals surface area contributed by atoms with Crippen molar-refractivity contribution in [1.82, 2.24) is 0 Å². The van der Waals surface area contributed by atoms with Crippen LogP contribution in [0, 0.1) is 0 Å². The molecule has 0 aliphatic carbocycles. The molecule has 3 aromatic rings. The van der Waals surface area contributed by atoms with Crippen LogP contribution in [0.3, 0.4) is 0 Å². The Balaban J connectivity index is 1.77. The van der Waals surface area contributed by atoms with Crippen LogP contribution in [-0.4, -0.2) is 14.1 Å². The summed E-state index contributed by atoms with van der Waals surface area (Å²) in [5.74, 6) is 0. The molecule has 0 unspecified atom stereocenters. The largest absolute Gasteiger partial charge is 0.378 e. The molecule has 1 aromatic heterocycles. The van der Waals surface area contributed by atoms with Crippen LogP contribution in [0.25, 0.3) is 22.4 Å². The topological polar surface area (TPSA) is 7.12 Å². The summed E-state index contributed by atoms with van der Waals surface area (Å²) in [6.07, 6.45) is 2.15. The van der Waals surface area contributed by atoms with Gasteiger partial charge in [-0.3, -0.25) is 0 Å². The number of rotatable bonds is 2. The van der Waals surface area contributed by atoms with Crippen LogP contribution >= 0.6 is 0 Å². The average Bonchev–Trinajstić information content (AvgIpc) is 2.92. The normalized spacial score (nSPS) is 11.9. The third kappa shape index (κ3) is 2.08. The van der Waals surface area contributed by atoms with Crippen molar-refractivity contribution in [1.29, 1.82) is 0 Å². The van der Waals surface area contributed by atoms with E-state index in [0.29, 0.717) is 0 Å². The number of benzene rings is 2. The Hall–Kier alpha value is -2.61. The SMILES string of the molecule is CN(C)c1ccc(-c2ccc3c(c2)-c2cccc[n+]2C3)cc1. The molecule has 0 fully saturated rings. The Kier molecular flexibility index (Phi) is 2.97. The van der Waals surface area contributed by atoms with E-state index in [1.807, 2.05) is 0 Å². The van der Waals surface area contributed by atoms with E-state index in [2.05, 4.69) is 90.4 Å². The molecule has 0 N–H and O–H groups in total. The molecule has 0 saturated heterocycles. The van der Waals surface area contributed by atoms with E-state index in [-0.39, 0.29) is 0 Å². The minimum absolute atomic E-state index is 0.978. The summed E-state index contributed by atoms with van der Waals surface area (Å²) in [7, 11) is 4.14. The van der Waals surface area contributed by atoms with Gasteiger partial charge < -0.3 is 4.90 Å². The third-order valence-corrected chi connectivity index (χ3v) is 4.38. The highest BCUT2D eigenvalue weighted by molar-refractivity contribution is 5.74. The number of fused-ring (bicyclic) bond motifs is 3. The third-order valence-electron chi connectivity index (χ3n) is 4.38. The van der Waals surface area contributed by atoms with Crippen LogP contribution in [0.4, 0.5) is 5.69 Å². The van der Waals surface area contributed by atoms with Crippen LogP contribution in [0.2, 0.25) is 0 Å². The summed E-state index contributed by atoms with van der Waals surface area (Å²) in [5.41, 5.74) is 7.84. The van der Waals surface area contributed by atoms with E-state index in [9.17, 15) is 0 Å². The highest BCUT2D eigenvalue weighted by Crippen LogP contribution is 2.31. The quantitative estimate of drug-likeness (QED) is 0.509. The second-order valence-electron chi connectivity index (χ2n) is 6.03. The molecule has 2 nitrogen and oxygen atoms in total. The molecule has 0 amide bonds. The predicted molar refractivity (Wildman–Crippen MR) is 90.9 cm³/mol. The molecule has 108 valence electrons. The molecule has 22 heavy (non-hydrogen) atoms. The van der Waals surface area contributed by atoms with Crippen molar-refractivity contribution in [2.45, 2.75) is 6.54 Å². The van der Waals surface area contributed by atoms with Crippen molar-refractivity contribution in [3.63, 3.8) is 0 Å². The molecule has 0 spiro atoms. The number of nitrogens with zero attached hydrogens (tertiary/aromatic N) is 2. The van der Waals surface area contributed by atoms with E-state index in [0.717, 1.165) is 6.54 Å². The maximum Gasteiger partial charge on any atom is 0.213 e. The van der Waals surface area contributed by atoms with Gasteiger partial charge in [-0.1, -0.05) is 24.3 Å². The molecule has 1 aliphatic heterocycles. The Bertz CT molecular complexity index is 833. The van der Waals surface area contributed by atoms with Crippen molar-refractivity contribution >= 4 is 5.69 Å². The maximum atomic E-state index is 2.32. The lowest BCUT2D eigenvalue weighted by Gasteiger charge is -2.12. The van der Waals surface area contributed by atoms with Gasteiger partial charge in [-0.25, -0.2) is 0 Å². The van der Waals surface area contributed by atoms with Crippen molar-refractivity contribution in [3.05, 3.63) is 72.4 Å². The van der Waals surface area contributed by atoms with E-state index in [1.165, 1.54) is 33.6 Å². The lowest BCUT2D eigenvalue weighted by Crippen LogP contribution is -2.31. The van der Waals surface area contributed by atoms with E-state index >= 15 is 0 Å². The van der Waals surface area contributed by atoms with Gasteiger partial charge >= 0.3 is 0 Å². The standard InChI is InChI=1S/C20H19N2/c1-21(2)18-10-8-15(9-11-18)16-6-7-17-14-22-12-4-3-5-20(22)19(17)13-16/h3-13H,14H2,1-2H3/q+1. The molecule has 4 rings (SSSR count). The number of pyridine rings is 1. The van der Waals surface area contributed by atoms with E-state index in [1.54, 1.807) is 0 Å². The lowest BCUT2D eigenvalue weighted by molar-refractivity contribution is -0.672. The zero-order valence-corrected chi connectivity index (χ0v) is 13.0. The highest BCUT2D eigenvalue weighted by Gasteiger charge is 2.25. The van der Waals surface area contributed by atoms with Crippen LogP contribution in [0.15, 0.2) is 66.9 Å². The summed E-state index contributed by atoms with van der Waals surface area (Å²) >= 11 is 0.